The molecule has 0 aliphatic rings. The van der Waals surface area contributed by atoms with Crippen molar-refractivity contribution in [3.05, 3.63) is 65.7 Å². The summed E-state index contributed by atoms with van der Waals surface area (Å²) >= 11 is 0. The molecule has 2 rings (SSSR count). The van der Waals surface area contributed by atoms with E-state index in [1.165, 1.54) is 0 Å². The number of ether oxygens (including phenoxy) is 1. The average Bonchev–Trinajstić information content (AvgIpc) is 2.53. The van der Waals surface area contributed by atoms with Crippen LogP contribution in [0.3, 0.4) is 0 Å². The van der Waals surface area contributed by atoms with Gasteiger partial charge in [-0.2, -0.15) is 0 Å². The van der Waals surface area contributed by atoms with Crippen molar-refractivity contribution in [3.8, 4) is 5.75 Å². The standard InChI is InChI=1S/C18H19NO2/c1-19(2)16-9-4-14(5-10-16)6-13-18(20)15-7-11-17(21-3)12-8-15/h4-13H,1-3H3/b13-6+. The lowest BCUT2D eigenvalue weighted by Crippen LogP contribution is -2.07. The van der Waals surface area contributed by atoms with Gasteiger partial charge in [-0.25, -0.2) is 0 Å². The molecule has 108 valence electrons. The van der Waals surface area contributed by atoms with Gasteiger partial charge < -0.3 is 9.64 Å². The van der Waals surface area contributed by atoms with E-state index in [0.29, 0.717) is 5.56 Å². The highest BCUT2D eigenvalue weighted by atomic mass is 16.5. The van der Waals surface area contributed by atoms with Crippen molar-refractivity contribution >= 4 is 17.5 Å². The molecule has 3 nitrogen and oxygen atoms in total. The predicted octanol–water partition coefficient (Wildman–Crippen LogP) is 3.66. The molecule has 0 amide bonds. The molecule has 0 N–H and O–H groups in total. The molecule has 2 aromatic rings. The minimum absolute atomic E-state index is 0.0191. The average molecular weight is 281 g/mol. The van der Waals surface area contributed by atoms with E-state index in [9.17, 15) is 4.79 Å². The van der Waals surface area contributed by atoms with Crippen LogP contribution in [0.25, 0.3) is 6.08 Å². The lowest BCUT2D eigenvalue weighted by Gasteiger charge is -2.11. The molecule has 21 heavy (non-hydrogen) atoms. The molecular weight excluding hydrogens is 262 g/mol. The number of carbonyl (C=O) groups excluding carboxylic acids is 1. The van der Waals surface area contributed by atoms with Gasteiger partial charge in [-0.05, 0) is 48.0 Å². The van der Waals surface area contributed by atoms with Crippen molar-refractivity contribution in [1.82, 2.24) is 0 Å². The molecule has 0 aliphatic carbocycles. The van der Waals surface area contributed by atoms with Crippen LogP contribution in [-0.4, -0.2) is 27.0 Å². The molecule has 3 heteroatoms. The van der Waals surface area contributed by atoms with E-state index >= 15 is 0 Å². The summed E-state index contributed by atoms with van der Waals surface area (Å²) in [4.78, 5) is 14.1. The van der Waals surface area contributed by atoms with E-state index in [-0.39, 0.29) is 5.78 Å². The molecule has 0 radical (unpaired) electrons. The first-order valence-electron chi connectivity index (χ1n) is 6.74. The smallest absolute Gasteiger partial charge is 0.185 e. The molecule has 2 aromatic carbocycles. The second kappa shape index (κ2) is 6.75. The highest BCUT2D eigenvalue weighted by molar-refractivity contribution is 6.06. The molecule has 0 spiro atoms. The van der Waals surface area contributed by atoms with Crippen LogP contribution in [0.5, 0.6) is 5.75 Å². The Hall–Kier alpha value is -2.55. The molecule has 0 aliphatic heterocycles. The zero-order chi connectivity index (χ0) is 15.2. The highest BCUT2D eigenvalue weighted by Crippen LogP contribution is 2.15. The summed E-state index contributed by atoms with van der Waals surface area (Å²) in [6.07, 6.45) is 3.42. The third-order valence-electron chi connectivity index (χ3n) is 3.21. The van der Waals surface area contributed by atoms with E-state index in [4.69, 9.17) is 4.74 Å². The Kier molecular flexibility index (Phi) is 4.77. The van der Waals surface area contributed by atoms with Crippen LogP contribution in [0.15, 0.2) is 54.6 Å². The van der Waals surface area contributed by atoms with Gasteiger partial charge in [0.2, 0.25) is 0 Å². The van der Waals surface area contributed by atoms with Crippen molar-refractivity contribution in [1.29, 1.82) is 0 Å². The maximum Gasteiger partial charge on any atom is 0.185 e. The van der Waals surface area contributed by atoms with Gasteiger partial charge in [-0.3, -0.25) is 4.79 Å². The quantitative estimate of drug-likeness (QED) is 0.619. The molecule has 0 saturated carbocycles. The molecule has 0 heterocycles. The Labute approximate surface area is 125 Å². The van der Waals surface area contributed by atoms with Crippen LogP contribution in [0.2, 0.25) is 0 Å². The molecule has 0 bridgehead atoms. The lowest BCUT2D eigenvalue weighted by molar-refractivity contribution is 0.104. The van der Waals surface area contributed by atoms with E-state index < -0.39 is 0 Å². The predicted molar refractivity (Wildman–Crippen MR) is 87.1 cm³/mol. The summed E-state index contributed by atoms with van der Waals surface area (Å²) < 4.78 is 5.08. The number of hydrogen-bond acceptors (Lipinski definition) is 3. The molecule has 0 saturated heterocycles. The normalized spacial score (nSPS) is 10.6. The fraction of sp³-hybridized carbons (Fsp3) is 0.167. The largest absolute Gasteiger partial charge is 0.497 e. The molecular formula is C18H19NO2. The maximum atomic E-state index is 12.1. The summed E-state index contributed by atoms with van der Waals surface area (Å²) in [5, 5.41) is 0. The minimum Gasteiger partial charge on any atom is -0.497 e. The number of anilines is 1. The van der Waals surface area contributed by atoms with E-state index in [0.717, 1.165) is 17.0 Å². The van der Waals surface area contributed by atoms with Crippen molar-refractivity contribution in [2.45, 2.75) is 0 Å². The van der Waals surface area contributed by atoms with Gasteiger partial charge >= 0.3 is 0 Å². The van der Waals surface area contributed by atoms with Crippen LogP contribution < -0.4 is 9.64 Å². The summed E-state index contributed by atoms with van der Waals surface area (Å²) in [6, 6.07) is 15.1. The van der Waals surface area contributed by atoms with Gasteiger partial charge in [0.15, 0.2) is 5.78 Å². The fourth-order valence-corrected chi connectivity index (χ4v) is 1.91. The highest BCUT2D eigenvalue weighted by Gasteiger charge is 2.02. The number of hydrogen-bond donors (Lipinski definition) is 0. The van der Waals surface area contributed by atoms with Gasteiger partial charge in [0.05, 0.1) is 7.11 Å². The Bertz CT molecular complexity index is 625. The third-order valence-corrected chi connectivity index (χ3v) is 3.21. The van der Waals surface area contributed by atoms with Gasteiger partial charge in [0.1, 0.15) is 5.75 Å². The number of methoxy groups -OCH3 is 1. The van der Waals surface area contributed by atoms with Crippen molar-refractivity contribution in [3.63, 3.8) is 0 Å². The number of carbonyl (C=O) groups is 1. The molecule has 0 unspecified atom stereocenters. The summed E-state index contributed by atoms with van der Waals surface area (Å²) in [5.41, 5.74) is 2.79. The van der Waals surface area contributed by atoms with Crippen LogP contribution in [0.1, 0.15) is 15.9 Å². The van der Waals surface area contributed by atoms with Crippen LogP contribution in [0.4, 0.5) is 5.69 Å². The third kappa shape index (κ3) is 3.96. The second-order valence-corrected chi connectivity index (χ2v) is 4.91. The number of nitrogens with zero attached hydrogens (tertiary/aromatic N) is 1. The Morgan fingerprint density at radius 3 is 2.14 bits per heavy atom. The van der Waals surface area contributed by atoms with Gasteiger partial charge in [0.25, 0.3) is 0 Å². The van der Waals surface area contributed by atoms with E-state index in [1.807, 2.05) is 49.3 Å². The van der Waals surface area contributed by atoms with Gasteiger partial charge in [-0.15, -0.1) is 0 Å². The van der Waals surface area contributed by atoms with Crippen molar-refractivity contribution < 1.29 is 9.53 Å². The second-order valence-electron chi connectivity index (χ2n) is 4.91. The number of ketones is 1. The van der Waals surface area contributed by atoms with E-state index in [1.54, 1.807) is 37.5 Å². The zero-order valence-electron chi connectivity index (χ0n) is 12.5. The van der Waals surface area contributed by atoms with Crippen LogP contribution in [-0.2, 0) is 0 Å². The van der Waals surface area contributed by atoms with E-state index in [2.05, 4.69) is 0 Å². The number of allylic oxidation sites excluding steroid dienone is 1. The Balaban J connectivity index is 2.07. The topological polar surface area (TPSA) is 29.5 Å². The lowest BCUT2D eigenvalue weighted by atomic mass is 10.1. The molecule has 0 aromatic heterocycles. The Morgan fingerprint density at radius 1 is 1.00 bits per heavy atom. The minimum atomic E-state index is -0.0191. The molecule has 0 atom stereocenters. The molecule has 0 fully saturated rings. The summed E-state index contributed by atoms with van der Waals surface area (Å²) in [6.45, 7) is 0. The van der Waals surface area contributed by atoms with Gasteiger partial charge in [-0.1, -0.05) is 18.2 Å². The van der Waals surface area contributed by atoms with Crippen molar-refractivity contribution in [2.24, 2.45) is 0 Å². The SMILES string of the molecule is COc1ccc(C(=O)/C=C/c2ccc(N(C)C)cc2)cc1. The Morgan fingerprint density at radius 2 is 1.62 bits per heavy atom. The number of rotatable bonds is 5. The zero-order valence-corrected chi connectivity index (χ0v) is 12.5. The first kappa shape index (κ1) is 14.9. The first-order chi connectivity index (χ1) is 10.1. The fourth-order valence-electron chi connectivity index (χ4n) is 1.91. The van der Waals surface area contributed by atoms with Crippen molar-refractivity contribution in [2.75, 3.05) is 26.1 Å². The maximum absolute atomic E-state index is 12.1. The van der Waals surface area contributed by atoms with Crippen LogP contribution >= 0.6 is 0 Å². The van der Waals surface area contributed by atoms with Crippen LogP contribution in [0, 0.1) is 0 Å². The summed E-state index contributed by atoms with van der Waals surface area (Å²) in [7, 11) is 5.60. The number of benzene rings is 2. The monoisotopic (exact) mass is 281 g/mol. The first-order valence-corrected chi connectivity index (χ1v) is 6.74. The summed E-state index contributed by atoms with van der Waals surface area (Å²) in [5.74, 6) is 0.726. The van der Waals surface area contributed by atoms with Gasteiger partial charge in [0, 0.05) is 25.3 Å².